The van der Waals surface area contributed by atoms with E-state index in [1.54, 1.807) is 6.92 Å². The lowest BCUT2D eigenvalue weighted by atomic mass is 9.75. The Balaban J connectivity index is 2.09. The number of hydrogen-bond donors (Lipinski definition) is 2. The predicted octanol–water partition coefficient (Wildman–Crippen LogP) is 4.47. The van der Waals surface area contributed by atoms with Gasteiger partial charge in [-0.3, -0.25) is 4.79 Å². The Morgan fingerprint density at radius 3 is 2.50 bits per heavy atom. The van der Waals surface area contributed by atoms with Crippen molar-refractivity contribution in [2.75, 3.05) is 6.54 Å². The molecule has 0 aromatic heterocycles. The molecule has 1 amide bonds. The molecule has 3 nitrogen and oxygen atoms in total. The third-order valence-corrected chi connectivity index (χ3v) is 5.30. The third kappa shape index (κ3) is 5.07. The molecule has 1 saturated carbocycles. The molecule has 1 aliphatic carbocycles. The fourth-order valence-electron chi connectivity index (χ4n) is 3.87. The summed E-state index contributed by atoms with van der Waals surface area (Å²) in [6.45, 7) is 9.12. The Hall–Kier alpha value is -1.35. The molecule has 0 aliphatic heterocycles. The number of carbonyl (C=O) groups is 1. The van der Waals surface area contributed by atoms with E-state index in [4.69, 9.17) is 0 Å². The summed E-state index contributed by atoms with van der Waals surface area (Å²) in [5.74, 6) is 0.616. The van der Waals surface area contributed by atoms with Crippen LogP contribution in [0, 0.1) is 0 Å². The number of amides is 1. The highest BCUT2D eigenvalue weighted by Crippen LogP contribution is 2.38. The van der Waals surface area contributed by atoms with Gasteiger partial charge in [-0.1, -0.05) is 57.4 Å². The molecule has 24 heavy (non-hydrogen) atoms. The van der Waals surface area contributed by atoms with E-state index in [-0.39, 0.29) is 17.5 Å². The SMILES string of the molecule is CC(=O)N[C@@H](C)CCNC1(c2cccc(C(C)C)c2)CCCCC1. The van der Waals surface area contributed by atoms with E-state index in [0.717, 1.165) is 13.0 Å². The standard InChI is InChI=1S/C21H34N2O/c1-16(2)19-9-8-10-20(15-19)21(12-6-5-7-13-21)22-14-11-17(3)23-18(4)24/h8-10,15-17,22H,5-7,11-14H2,1-4H3,(H,23,24)/t17-/m0/s1. The number of hydrogen-bond acceptors (Lipinski definition) is 2. The first-order valence-electron chi connectivity index (χ1n) is 9.55. The lowest BCUT2D eigenvalue weighted by molar-refractivity contribution is -0.119. The molecule has 2 N–H and O–H groups in total. The van der Waals surface area contributed by atoms with Gasteiger partial charge in [0.15, 0.2) is 0 Å². The van der Waals surface area contributed by atoms with Gasteiger partial charge < -0.3 is 10.6 Å². The highest BCUT2D eigenvalue weighted by Gasteiger charge is 2.33. The monoisotopic (exact) mass is 330 g/mol. The first-order valence-corrected chi connectivity index (χ1v) is 9.55. The van der Waals surface area contributed by atoms with E-state index < -0.39 is 0 Å². The Kier molecular flexibility index (Phi) is 6.85. The first kappa shape index (κ1) is 19.0. The van der Waals surface area contributed by atoms with E-state index in [9.17, 15) is 4.79 Å². The van der Waals surface area contributed by atoms with E-state index in [1.807, 2.05) is 0 Å². The minimum Gasteiger partial charge on any atom is -0.354 e. The summed E-state index contributed by atoms with van der Waals surface area (Å²) in [6, 6.07) is 9.37. The van der Waals surface area contributed by atoms with Gasteiger partial charge in [0.25, 0.3) is 0 Å². The van der Waals surface area contributed by atoms with Crippen molar-refractivity contribution in [2.45, 2.75) is 83.7 Å². The summed E-state index contributed by atoms with van der Waals surface area (Å²) < 4.78 is 0. The van der Waals surface area contributed by atoms with Crippen LogP contribution in [-0.2, 0) is 10.3 Å². The van der Waals surface area contributed by atoms with Gasteiger partial charge in [0.05, 0.1) is 0 Å². The minimum absolute atomic E-state index is 0.0551. The molecule has 0 radical (unpaired) electrons. The van der Waals surface area contributed by atoms with Gasteiger partial charge in [0.2, 0.25) is 5.91 Å². The molecule has 0 unspecified atom stereocenters. The maximum absolute atomic E-state index is 11.2. The zero-order valence-electron chi connectivity index (χ0n) is 15.8. The molecule has 0 saturated heterocycles. The first-order chi connectivity index (χ1) is 11.4. The van der Waals surface area contributed by atoms with Crippen LogP contribution in [0.4, 0.5) is 0 Å². The smallest absolute Gasteiger partial charge is 0.217 e. The molecule has 1 atom stereocenters. The van der Waals surface area contributed by atoms with Crippen molar-refractivity contribution in [1.29, 1.82) is 0 Å². The van der Waals surface area contributed by atoms with Crippen LogP contribution in [0.3, 0.4) is 0 Å². The molecule has 3 heteroatoms. The molecular formula is C21H34N2O. The highest BCUT2D eigenvalue weighted by atomic mass is 16.1. The molecule has 0 bridgehead atoms. The van der Waals surface area contributed by atoms with Crippen LogP contribution in [0.1, 0.15) is 83.3 Å². The van der Waals surface area contributed by atoms with Crippen molar-refractivity contribution in [2.24, 2.45) is 0 Å². The molecule has 1 aromatic carbocycles. The summed E-state index contributed by atoms with van der Waals surface area (Å²) in [5.41, 5.74) is 2.98. The van der Waals surface area contributed by atoms with Crippen LogP contribution >= 0.6 is 0 Å². The summed E-state index contributed by atoms with van der Waals surface area (Å²) in [6.07, 6.45) is 7.31. The van der Waals surface area contributed by atoms with Crippen molar-refractivity contribution in [1.82, 2.24) is 10.6 Å². The predicted molar refractivity (Wildman–Crippen MR) is 101 cm³/mol. The fraction of sp³-hybridized carbons (Fsp3) is 0.667. The van der Waals surface area contributed by atoms with Crippen LogP contribution in [0.2, 0.25) is 0 Å². The summed E-state index contributed by atoms with van der Waals surface area (Å²) in [5, 5.41) is 6.85. The lowest BCUT2D eigenvalue weighted by Crippen LogP contribution is -2.46. The van der Waals surface area contributed by atoms with Gasteiger partial charge >= 0.3 is 0 Å². The second-order valence-electron chi connectivity index (χ2n) is 7.74. The van der Waals surface area contributed by atoms with E-state index in [1.165, 1.54) is 43.2 Å². The lowest BCUT2D eigenvalue weighted by Gasteiger charge is -2.39. The van der Waals surface area contributed by atoms with Crippen molar-refractivity contribution in [3.05, 3.63) is 35.4 Å². The number of carbonyl (C=O) groups excluding carboxylic acids is 1. The molecule has 1 aromatic rings. The van der Waals surface area contributed by atoms with E-state index in [2.05, 4.69) is 55.7 Å². The average Bonchev–Trinajstić information content (AvgIpc) is 2.55. The van der Waals surface area contributed by atoms with Gasteiger partial charge in [0.1, 0.15) is 0 Å². The van der Waals surface area contributed by atoms with Crippen molar-refractivity contribution in [3.8, 4) is 0 Å². The molecule has 2 rings (SSSR count). The third-order valence-electron chi connectivity index (χ3n) is 5.30. The fourth-order valence-corrected chi connectivity index (χ4v) is 3.87. The van der Waals surface area contributed by atoms with Crippen LogP contribution in [0.25, 0.3) is 0 Å². The average molecular weight is 331 g/mol. The zero-order chi connectivity index (χ0) is 17.6. The van der Waals surface area contributed by atoms with Crippen LogP contribution in [-0.4, -0.2) is 18.5 Å². The van der Waals surface area contributed by atoms with Crippen LogP contribution in [0.15, 0.2) is 24.3 Å². The Morgan fingerprint density at radius 2 is 1.88 bits per heavy atom. The quantitative estimate of drug-likeness (QED) is 0.774. The van der Waals surface area contributed by atoms with E-state index in [0.29, 0.717) is 5.92 Å². The zero-order valence-corrected chi connectivity index (χ0v) is 15.8. The largest absolute Gasteiger partial charge is 0.354 e. The van der Waals surface area contributed by atoms with Crippen molar-refractivity contribution < 1.29 is 4.79 Å². The van der Waals surface area contributed by atoms with Crippen molar-refractivity contribution >= 4 is 5.91 Å². The molecule has 0 spiro atoms. The van der Waals surface area contributed by atoms with Gasteiger partial charge in [-0.25, -0.2) is 0 Å². The normalized spacial score (nSPS) is 18.4. The maximum atomic E-state index is 11.2. The highest BCUT2D eigenvalue weighted by molar-refractivity contribution is 5.73. The Morgan fingerprint density at radius 1 is 1.17 bits per heavy atom. The topological polar surface area (TPSA) is 41.1 Å². The molecule has 0 heterocycles. The van der Waals surface area contributed by atoms with Gasteiger partial charge in [-0.05, 0) is 49.8 Å². The Bertz CT molecular complexity index is 532. The van der Waals surface area contributed by atoms with Gasteiger partial charge in [-0.15, -0.1) is 0 Å². The van der Waals surface area contributed by atoms with Gasteiger partial charge in [-0.2, -0.15) is 0 Å². The minimum atomic E-state index is 0.0551. The molecule has 1 aliphatic rings. The second kappa shape index (κ2) is 8.66. The summed E-state index contributed by atoms with van der Waals surface area (Å²) in [7, 11) is 0. The van der Waals surface area contributed by atoms with Gasteiger partial charge in [0, 0.05) is 18.5 Å². The molecule has 134 valence electrons. The van der Waals surface area contributed by atoms with Crippen molar-refractivity contribution in [3.63, 3.8) is 0 Å². The summed E-state index contributed by atoms with van der Waals surface area (Å²) >= 11 is 0. The molecular weight excluding hydrogens is 296 g/mol. The maximum Gasteiger partial charge on any atom is 0.217 e. The number of nitrogens with one attached hydrogen (secondary N) is 2. The van der Waals surface area contributed by atoms with Crippen LogP contribution in [0.5, 0.6) is 0 Å². The number of benzene rings is 1. The van der Waals surface area contributed by atoms with Crippen LogP contribution < -0.4 is 10.6 Å². The summed E-state index contributed by atoms with van der Waals surface area (Å²) in [4.78, 5) is 11.2. The Labute approximate surface area is 147 Å². The van der Waals surface area contributed by atoms with E-state index >= 15 is 0 Å². The molecule has 1 fully saturated rings. The second-order valence-corrected chi connectivity index (χ2v) is 7.74. The number of rotatable bonds is 7.